The van der Waals surface area contributed by atoms with E-state index in [2.05, 4.69) is 27.3 Å². The Bertz CT molecular complexity index is 1120. The van der Waals surface area contributed by atoms with Crippen LogP contribution in [0.1, 0.15) is 19.4 Å². The Kier molecular flexibility index (Phi) is 6.11. The molecule has 2 heterocycles. The SMILES string of the molecule is CCOc1ccc2cc(CNc3ccc(N4CCN(C(C)=O)CC4)cc3)c(=O)[nH]c2c1. The summed E-state index contributed by atoms with van der Waals surface area (Å²) in [5.41, 5.74) is 3.45. The van der Waals surface area contributed by atoms with Gasteiger partial charge in [0, 0.05) is 62.7 Å². The third-order valence-corrected chi connectivity index (χ3v) is 5.65. The van der Waals surface area contributed by atoms with Crippen LogP contribution in [-0.2, 0) is 11.3 Å². The van der Waals surface area contributed by atoms with Crippen molar-refractivity contribution in [3.05, 3.63) is 64.4 Å². The average molecular weight is 421 g/mol. The zero-order valence-corrected chi connectivity index (χ0v) is 18.0. The predicted molar refractivity (Wildman–Crippen MR) is 124 cm³/mol. The Labute approximate surface area is 181 Å². The van der Waals surface area contributed by atoms with Crippen LogP contribution in [0.5, 0.6) is 5.75 Å². The van der Waals surface area contributed by atoms with Crippen LogP contribution in [0, 0.1) is 0 Å². The molecule has 0 spiro atoms. The molecule has 162 valence electrons. The highest BCUT2D eigenvalue weighted by Crippen LogP contribution is 2.21. The molecule has 1 aliphatic heterocycles. The summed E-state index contributed by atoms with van der Waals surface area (Å²) in [7, 11) is 0. The van der Waals surface area contributed by atoms with Crippen molar-refractivity contribution < 1.29 is 9.53 Å². The fourth-order valence-corrected chi connectivity index (χ4v) is 3.88. The lowest BCUT2D eigenvalue weighted by molar-refractivity contribution is -0.129. The fraction of sp³-hybridized carbons (Fsp3) is 0.333. The van der Waals surface area contributed by atoms with E-state index in [1.807, 2.05) is 48.2 Å². The molecule has 1 aliphatic rings. The number of rotatable bonds is 6. The van der Waals surface area contributed by atoms with Gasteiger partial charge in [0.05, 0.1) is 12.1 Å². The molecular formula is C24H28N4O3. The van der Waals surface area contributed by atoms with E-state index < -0.39 is 0 Å². The molecule has 0 bridgehead atoms. The summed E-state index contributed by atoms with van der Waals surface area (Å²) in [5.74, 6) is 0.886. The molecule has 1 aromatic heterocycles. The molecule has 2 aromatic carbocycles. The van der Waals surface area contributed by atoms with Gasteiger partial charge in [-0.1, -0.05) is 0 Å². The van der Waals surface area contributed by atoms with E-state index in [1.54, 1.807) is 6.92 Å². The first-order chi connectivity index (χ1) is 15.0. The molecule has 0 aliphatic carbocycles. The van der Waals surface area contributed by atoms with Gasteiger partial charge >= 0.3 is 0 Å². The minimum Gasteiger partial charge on any atom is -0.494 e. The number of nitrogens with zero attached hydrogens (tertiary/aromatic N) is 2. The Morgan fingerprint density at radius 3 is 2.48 bits per heavy atom. The van der Waals surface area contributed by atoms with Crippen molar-refractivity contribution in [2.75, 3.05) is 43.0 Å². The number of piperazine rings is 1. The number of H-pyrrole nitrogens is 1. The number of hydrogen-bond donors (Lipinski definition) is 2. The third kappa shape index (κ3) is 4.82. The number of nitrogens with one attached hydrogen (secondary N) is 2. The van der Waals surface area contributed by atoms with E-state index in [0.29, 0.717) is 18.7 Å². The smallest absolute Gasteiger partial charge is 0.253 e. The normalized spacial score (nSPS) is 14.0. The average Bonchev–Trinajstić information content (AvgIpc) is 2.78. The molecule has 0 unspecified atom stereocenters. The zero-order valence-electron chi connectivity index (χ0n) is 18.0. The highest BCUT2D eigenvalue weighted by atomic mass is 16.5. The molecule has 1 amide bonds. The first kappa shape index (κ1) is 20.8. The minimum absolute atomic E-state index is 0.103. The van der Waals surface area contributed by atoms with Crippen molar-refractivity contribution in [1.29, 1.82) is 0 Å². The molecule has 31 heavy (non-hydrogen) atoms. The molecule has 0 atom stereocenters. The number of fused-ring (bicyclic) bond motifs is 1. The summed E-state index contributed by atoms with van der Waals surface area (Å²) < 4.78 is 5.50. The number of amides is 1. The fourth-order valence-electron chi connectivity index (χ4n) is 3.88. The molecule has 0 radical (unpaired) electrons. The van der Waals surface area contributed by atoms with Gasteiger partial charge in [-0.15, -0.1) is 0 Å². The Morgan fingerprint density at radius 1 is 1.06 bits per heavy atom. The molecule has 0 saturated carbocycles. The number of aromatic nitrogens is 1. The zero-order chi connectivity index (χ0) is 21.8. The maximum Gasteiger partial charge on any atom is 0.253 e. The lowest BCUT2D eigenvalue weighted by atomic mass is 10.1. The maximum absolute atomic E-state index is 12.5. The number of carbonyl (C=O) groups excluding carboxylic acids is 1. The van der Waals surface area contributed by atoms with Crippen molar-refractivity contribution in [1.82, 2.24) is 9.88 Å². The predicted octanol–water partition coefficient (Wildman–Crippen LogP) is 3.21. The highest BCUT2D eigenvalue weighted by molar-refractivity contribution is 5.80. The van der Waals surface area contributed by atoms with Crippen molar-refractivity contribution in [3.8, 4) is 5.75 Å². The van der Waals surface area contributed by atoms with Crippen LogP contribution in [0.25, 0.3) is 10.9 Å². The second-order valence-corrected chi connectivity index (χ2v) is 7.70. The van der Waals surface area contributed by atoms with E-state index in [0.717, 1.165) is 54.2 Å². The summed E-state index contributed by atoms with van der Waals surface area (Å²) >= 11 is 0. The second-order valence-electron chi connectivity index (χ2n) is 7.70. The Balaban J connectivity index is 1.39. The summed E-state index contributed by atoms with van der Waals surface area (Å²) in [6.07, 6.45) is 0. The number of aromatic amines is 1. The van der Waals surface area contributed by atoms with Gasteiger partial charge in [0.25, 0.3) is 5.56 Å². The molecule has 2 N–H and O–H groups in total. The van der Waals surface area contributed by atoms with Crippen molar-refractivity contribution in [2.24, 2.45) is 0 Å². The lowest BCUT2D eigenvalue weighted by Gasteiger charge is -2.35. The number of hydrogen-bond acceptors (Lipinski definition) is 5. The largest absolute Gasteiger partial charge is 0.494 e. The van der Waals surface area contributed by atoms with E-state index in [4.69, 9.17) is 4.74 Å². The van der Waals surface area contributed by atoms with Gasteiger partial charge in [0.2, 0.25) is 5.91 Å². The first-order valence-electron chi connectivity index (χ1n) is 10.7. The van der Waals surface area contributed by atoms with Crippen LogP contribution in [0.15, 0.2) is 53.3 Å². The number of anilines is 2. The van der Waals surface area contributed by atoms with Crippen molar-refractivity contribution >= 4 is 28.2 Å². The summed E-state index contributed by atoms with van der Waals surface area (Å²) in [6.45, 7) is 7.77. The Hall–Kier alpha value is -3.48. The highest BCUT2D eigenvalue weighted by Gasteiger charge is 2.18. The standard InChI is InChI=1S/C24H28N4O3/c1-3-31-22-9-4-18-14-19(24(30)26-23(18)15-22)16-25-20-5-7-21(8-6-20)28-12-10-27(11-13-28)17(2)29/h4-9,14-15,25H,3,10-13,16H2,1-2H3,(H,26,30). The number of pyridine rings is 1. The van der Waals surface area contributed by atoms with Gasteiger partial charge in [-0.2, -0.15) is 0 Å². The molecule has 7 heteroatoms. The van der Waals surface area contributed by atoms with Crippen LogP contribution >= 0.6 is 0 Å². The molecule has 1 saturated heterocycles. The Morgan fingerprint density at radius 2 is 1.81 bits per heavy atom. The first-order valence-corrected chi connectivity index (χ1v) is 10.7. The molecule has 4 rings (SSSR count). The van der Waals surface area contributed by atoms with E-state index in [9.17, 15) is 9.59 Å². The van der Waals surface area contributed by atoms with E-state index in [1.165, 1.54) is 0 Å². The van der Waals surface area contributed by atoms with E-state index in [-0.39, 0.29) is 11.5 Å². The van der Waals surface area contributed by atoms with Crippen molar-refractivity contribution in [3.63, 3.8) is 0 Å². The van der Waals surface area contributed by atoms with Gasteiger partial charge in [-0.3, -0.25) is 9.59 Å². The second kappa shape index (κ2) is 9.12. The van der Waals surface area contributed by atoms with Crippen LogP contribution < -0.4 is 20.5 Å². The molecule has 7 nitrogen and oxygen atoms in total. The number of carbonyl (C=O) groups is 1. The van der Waals surface area contributed by atoms with Crippen LogP contribution in [0.3, 0.4) is 0 Å². The van der Waals surface area contributed by atoms with Gasteiger partial charge in [0.1, 0.15) is 5.75 Å². The molecule has 3 aromatic rings. The van der Waals surface area contributed by atoms with Gasteiger partial charge in [0.15, 0.2) is 0 Å². The monoisotopic (exact) mass is 420 g/mol. The third-order valence-electron chi connectivity index (χ3n) is 5.65. The maximum atomic E-state index is 12.5. The summed E-state index contributed by atoms with van der Waals surface area (Å²) in [5, 5.41) is 4.31. The number of benzene rings is 2. The molecular weight excluding hydrogens is 392 g/mol. The lowest BCUT2D eigenvalue weighted by Crippen LogP contribution is -2.48. The topological polar surface area (TPSA) is 77.7 Å². The minimum atomic E-state index is -0.103. The van der Waals surface area contributed by atoms with E-state index >= 15 is 0 Å². The van der Waals surface area contributed by atoms with Crippen LogP contribution in [0.2, 0.25) is 0 Å². The van der Waals surface area contributed by atoms with Crippen molar-refractivity contribution in [2.45, 2.75) is 20.4 Å². The van der Waals surface area contributed by atoms with Gasteiger partial charge in [-0.05, 0) is 54.8 Å². The summed E-state index contributed by atoms with van der Waals surface area (Å²) in [6, 6.07) is 15.8. The van der Waals surface area contributed by atoms with Crippen LogP contribution in [0.4, 0.5) is 11.4 Å². The number of ether oxygens (including phenoxy) is 1. The van der Waals surface area contributed by atoms with Gasteiger partial charge < -0.3 is 24.8 Å². The van der Waals surface area contributed by atoms with Crippen LogP contribution in [-0.4, -0.2) is 48.6 Å². The van der Waals surface area contributed by atoms with Gasteiger partial charge in [-0.25, -0.2) is 0 Å². The summed E-state index contributed by atoms with van der Waals surface area (Å²) in [4.78, 5) is 31.1. The molecule has 1 fully saturated rings. The quantitative estimate of drug-likeness (QED) is 0.640.